The molecule has 9 heteroatoms. The highest BCUT2D eigenvalue weighted by Crippen LogP contribution is 2.26. The van der Waals surface area contributed by atoms with Crippen molar-refractivity contribution >= 4 is 32.7 Å². The predicted octanol–water partition coefficient (Wildman–Crippen LogP) is 2.55. The summed E-state index contributed by atoms with van der Waals surface area (Å²) in [7, 11) is -3.87. The number of aromatic nitrogens is 2. The number of hydrogen-bond donors (Lipinski definition) is 3. The molecule has 3 rings (SSSR count). The van der Waals surface area contributed by atoms with Gasteiger partial charge in [-0.3, -0.25) is 9.59 Å². The Morgan fingerprint density at radius 1 is 0.926 bits per heavy atom. The van der Waals surface area contributed by atoms with E-state index in [1.807, 2.05) is 13.8 Å². The minimum atomic E-state index is -3.87. The summed E-state index contributed by atoms with van der Waals surface area (Å²) >= 11 is 5.91. The molecule has 0 saturated heterocycles. The summed E-state index contributed by atoms with van der Waals surface area (Å²) in [6.45, 7) is 3.81. The lowest BCUT2D eigenvalue weighted by atomic mass is 9.97. The van der Waals surface area contributed by atoms with Gasteiger partial charge >= 0.3 is 11.1 Å². The first kappa shape index (κ1) is 19.3. The second kappa shape index (κ2) is 7.30. The van der Waals surface area contributed by atoms with Crippen molar-refractivity contribution in [1.29, 1.82) is 0 Å². The number of H-pyrrole nitrogens is 2. The van der Waals surface area contributed by atoms with Crippen molar-refractivity contribution in [1.82, 2.24) is 14.7 Å². The number of aromatic amines is 2. The van der Waals surface area contributed by atoms with E-state index in [0.29, 0.717) is 10.5 Å². The highest BCUT2D eigenvalue weighted by atomic mass is 35.5. The molecule has 0 fully saturated rings. The molecule has 1 heterocycles. The first-order chi connectivity index (χ1) is 12.7. The van der Waals surface area contributed by atoms with E-state index in [4.69, 9.17) is 11.6 Å². The standard InChI is InChI=1S/C18H18ClN3O4S/c1-10(2)16(11-3-5-12(19)6-4-11)22-27(25,26)13-7-8-14-15(9-13)21-18(24)17(23)20-14/h3-10,16,22H,1-2H3,(H,20,23)(H,21,24). The van der Waals surface area contributed by atoms with E-state index in [-0.39, 0.29) is 16.3 Å². The van der Waals surface area contributed by atoms with Crippen LogP contribution in [0.3, 0.4) is 0 Å². The first-order valence-corrected chi connectivity index (χ1v) is 10.1. The van der Waals surface area contributed by atoms with E-state index in [2.05, 4.69) is 14.7 Å². The van der Waals surface area contributed by atoms with Crippen molar-refractivity contribution < 1.29 is 8.42 Å². The Kier molecular flexibility index (Phi) is 5.23. The zero-order valence-electron chi connectivity index (χ0n) is 14.6. The summed E-state index contributed by atoms with van der Waals surface area (Å²) in [4.78, 5) is 27.6. The number of halogens is 1. The molecule has 0 saturated carbocycles. The number of rotatable bonds is 5. The molecule has 3 N–H and O–H groups in total. The Morgan fingerprint density at radius 2 is 1.52 bits per heavy atom. The second-order valence-electron chi connectivity index (χ2n) is 6.51. The molecule has 27 heavy (non-hydrogen) atoms. The van der Waals surface area contributed by atoms with Crippen molar-refractivity contribution in [3.05, 3.63) is 73.8 Å². The maximum Gasteiger partial charge on any atom is 0.314 e. The van der Waals surface area contributed by atoms with Gasteiger partial charge in [0.2, 0.25) is 10.0 Å². The van der Waals surface area contributed by atoms with Gasteiger partial charge in [0.05, 0.1) is 15.9 Å². The molecule has 0 aliphatic carbocycles. The summed E-state index contributed by atoms with van der Waals surface area (Å²) in [5, 5.41) is 0.566. The monoisotopic (exact) mass is 407 g/mol. The molecule has 1 unspecified atom stereocenters. The fourth-order valence-corrected chi connectivity index (χ4v) is 4.28. The van der Waals surface area contributed by atoms with Crippen molar-refractivity contribution in [3.63, 3.8) is 0 Å². The number of benzene rings is 2. The van der Waals surface area contributed by atoms with Gasteiger partial charge in [0.25, 0.3) is 0 Å². The van der Waals surface area contributed by atoms with Gasteiger partial charge in [-0.15, -0.1) is 0 Å². The minimum Gasteiger partial charge on any atom is -0.316 e. The van der Waals surface area contributed by atoms with Gasteiger partial charge in [0, 0.05) is 11.1 Å². The van der Waals surface area contributed by atoms with Crippen LogP contribution >= 0.6 is 11.6 Å². The van der Waals surface area contributed by atoms with Crippen LogP contribution in [-0.4, -0.2) is 18.4 Å². The molecule has 1 atom stereocenters. The Morgan fingerprint density at radius 3 is 2.11 bits per heavy atom. The van der Waals surface area contributed by atoms with Crippen molar-refractivity contribution in [2.45, 2.75) is 24.8 Å². The number of nitrogens with one attached hydrogen (secondary N) is 3. The van der Waals surface area contributed by atoms with Gasteiger partial charge in [-0.1, -0.05) is 37.6 Å². The zero-order chi connectivity index (χ0) is 19.8. The highest BCUT2D eigenvalue weighted by Gasteiger charge is 2.24. The molecule has 7 nitrogen and oxygen atoms in total. The smallest absolute Gasteiger partial charge is 0.314 e. The quantitative estimate of drug-likeness (QED) is 0.564. The fourth-order valence-electron chi connectivity index (χ4n) is 2.76. The zero-order valence-corrected chi connectivity index (χ0v) is 16.2. The topological polar surface area (TPSA) is 112 Å². The van der Waals surface area contributed by atoms with Crippen molar-refractivity contribution in [2.24, 2.45) is 5.92 Å². The number of hydrogen-bond acceptors (Lipinski definition) is 4. The maximum atomic E-state index is 12.9. The van der Waals surface area contributed by atoms with Gasteiger partial charge in [0.15, 0.2) is 0 Å². The lowest BCUT2D eigenvalue weighted by Gasteiger charge is -2.23. The predicted molar refractivity (Wildman–Crippen MR) is 105 cm³/mol. The van der Waals surface area contributed by atoms with E-state index < -0.39 is 27.2 Å². The first-order valence-electron chi connectivity index (χ1n) is 8.21. The third-order valence-corrected chi connectivity index (χ3v) is 5.87. The van der Waals surface area contributed by atoms with Crippen LogP contribution < -0.4 is 15.8 Å². The van der Waals surface area contributed by atoms with Crippen LogP contribution in [0.25, 0.3) is 11.0 Å². The van der Waals surface area contributed by atoms with Gasteiger partial charge < -0.3 is 9.97 Å². The van der Waals surface area contributed by atoms with E-state index >= 15 is 0 Å². The third-order valence-electron chi connectivity index (χ3n) is 4.18. The number of sulfonamides is 1. The fraction of sp³-hybridized carbons (Fsp3) is 0.222. The minimum absolute atomic E-state index is 0.0161. The summed E-state index contributed by atoms with van der Waals surface area (Å²) < 4.78 is 28.5. The molecule has 3 aromatic rings. The van der Waals surface area contributed by atoms with Crippen LogP contribution in [0.15, 0.2) is 56.9 Å². The Labute approximate surface area is 160 Å². The molecule has 0 aliphatic rings. The Balaban J connectivity index is 2.00. The van der Waals surface area contributed by atoms with Gasteiger partial charge in [-0.05, 0) is 41.8 Å². The molecular weight excluding hydrogens is 390 g/mol. The molecule has 0 bridgehead atoms. The van der Waals surface area contributed by atoms with Crippen LogP contribution in [0.5, 0.6) is 0 Å². The normalized spacial score (nSPS) is 13.2. The van der Waals surface area contributed by atoms with Gasteiger partial charge in [-0.2, -0.15) is 0 Å². The lowest BCUT2D eigenvalue weighted by molar-refractivity contribution is 0.463. The Bertz CT molecular complexity index is 1200. The van der Waals surface area contributed by atoms with Gasteiger partial charge in [-0.25, -0.2) is 13.1 Å². The van der Waals surface area contributed by atoms with Crippen LogP contribution in [-0.2, 0) is 10.0 Å². The molecule has 0 spiro atoms. The molecule has 0 radical (unpaired) electrons. The summed E-state index contributed by atoms with van der Waals surface area (Å²) in [5.41, 5.74) is -0.270. The molecule has 0 aliphatic heterocycles. The lowest BCUT2D eigenvalue weighted by Crippen LogP contribution is -2.32. The van der Waals surface area contributed by atoms with E-state index in [9.17, 15) is 18.0 Å². The van der Waals surface area contributed by atoms with Crippen molar-refractivity contribution in [3.8, 4) is 0 Å². The van der Waals surface area contributed by atoms with Crippen LogP contribution in [0, 0.1) is 5.92 Å². The largest absolute Gasteiger partial charge is 0.316 e. The van der Waals surface area contributed by atoms with Crippen LogP contribution in [0.2, 0.25) is 5.02 Å². The molecular formula is C18H18ClN3O4S. The Hall–Kier alpha value is -2.42. The van der Waals surface area contributed by atoms with E-state index in [0.717, 1.165) is 5.56 Å². The van der Waals surface area contributed by atoms with E-state index in [1.165, 1.54) is 18.2 Å². The molecule has 2 aromatic carbocycles. The SMILES string of the molecule is CC(C)C(NS(=O)(=O)c1ccc2[nH]c(=O)c(=O)[nH]c2c1)c1ccc(Cl)cc1. The van der Waals surface area contributed by atoms with Crippen molar-refractivity contribution in [2.75, 3.05) is 0 Å². The van der Waals surface area contributed by atoms with Crippen LogP contribution in [0.1, 0.15) is 25.5 Å². The third kappa shape index (κ3) is 4.13. The molecule has 1 aromatic heterocycles. The van der Waals surface area contributed by atoms with Crippen LogP contribution in [0.4, 0.5) is 0 Å². The summed E-state index contributed by atoms with van der Waals surface area (Å²) in [5.74, 6) is -0.0161. The average Bonchev–Trinajstić information content (AvgIpc) is 2.61. The summed E-state index contributed by atoms with van der Waals surface area (Å²) in [6.07, 6.45) is 0. The second-order valence-corrected chi connectivity index (χ2v) is 8.66. The maximum absolute atomic E-state index is 12.9. The number of fused-ring (bicyclic) bond motifs is 1. The van der Waals surface area contributed by atoms with Gasteiger partial charge in [0.1, 0.15) is 0 Å². The average molecular weight is 408 g/mol. The highest BCUT2D eigenvalue weighted by molar-refractivity contribution is 7.89. The van der Waals surface area contributed by atoms with E-state index in [1.54, 1.807) is 24.3 Å². The molecule has 142 valence electrons. The molecule has 0 amide bonds. The summed E-state index contributed by atoms with van der Waals surface area (Å²) in [6, 6.07) is 10.6.